The van der Waals surface area contributed by atoms with Crippen molar-refractivity contribution in [1.29, 1.82) is 5.26 Å². The van der Waals surface area contributed by atoms with Crippen molar-refractivity contribution < 1.29 is 4.92 Å². The van der Waals surface area contributed by atoms with Gasteiger partial charge in [0.25, 0.3) is 5.69 Å². The lowest BCUT2D eigenvalue weighted by Gasteiger charge is -2.01. The van der Waals surface area contributed by atoms with E-state index in [0.29, 0.717) is 5.69 Å². The largest absolute Gasteiger partial charge is 0.389 e. The quantitative estimate of drug-likeness (QED) is 0.276. The molecule has 1 rings (SSSR count). The third kappa shape index (κ3) is 3.55. The molecule has 0 aliphatic carbocycles. The number of non-ortho nitro benzene ring substituents is 1. The van der Waals surface area contributed by atoms with Gasteiger partial charge in [-0.05, 0) is 12.1 Å². The maximum Gasteiger partial charge on any atom is 0.269 e. The van der Waals surface area contributed by atoms with Crippen molar-refractivity contribution in [2.24, 2.45) is 5.73 Å². The molecule has 0 heterocycles. The van der Waals surface area contributed by atoms with Gasteiger partial charge in [0.1, 0.15) is 16.6 Å². The third-order valence-corrected chi connectivity index (χ3v) is 2.07. The molecule has 3 N–H and O–H groups in total. The molecule has 0 aromatic heterocycles. The molecule has 86 valence electrons. The van der Waals surface area contributed by atoms with Gasteiger partial charge < -0.3 is 11.1 Å². The molecular weight excluding hydrogens is 240 g/mol. The van der Waals surface area contributed by atoms with Crippen LogP contribution in [0, 0.1) is 21.4 Å². The van der Waals surface area contributed by atoms with Crippen LogP contribution >= 0.6 is 12.2 Å². The fourth-order valence-electron chi connectivity index (χ4n) is 0.993. The summed E-state index contributed by atoms with van der Waals surface area (Å²) >= 11 is 4.64. The Bertz CT molecular complexity index is 516. The average Bonchev–Trinajstić information content (AvgIpc) is 2.30. The lowest BCUT2D eigenvalue weighted by atomic mass is 10.2. The topological polar surface area (TPSA) is 105 Å². The highest BCUT2D eigenvalue weighted by Gasteiger charge is 2.03. The Hall–Kier alpha value is -2.46. The number of nitrogens with zero attached hydrogens (tertiary/aromatic N) is 2. The number of nitriles is 1. The highest BCUT2D eigenvalue weighted by atomic mass is 32.1. The number of nitro benzene ring substituents is 1. The predicted molar refractivity (Wildman–Crippen MR) is 67.2 cm³/mol. The predicted octanol–water partition coefficient (Wildman–Crippen LogP) is 1.70. The molecule has 0 saturated carbocycles. The Morgan fingerprint density at radius 2 is 2.12 bits per heavy atom. The molecule has 0 unspecified atom stereocenters. The van der Waals surface area contributed by atoms with Gasteiger partial charge >= 0.3 is 0 Å². The van der Waals surface area contributed by atoms with Crippen LogP contribution in [-0.4, -0.2) is 9.91 Å². The molecule has 0 aliphatic heterocycles. The Labute approximate surface area is 102 Å². The van der Waals surface area contributed by atoms with Crippen LogP contribution in [0.15, 0.2) is 36.0 Å². The van der Waals surface area contributed by atoms with Crippen LogP contribution in [0.4, 0.5) is 11.4 Å². The van der Waals surface area contributed by atoms with Crippen molar-refractivity contribution in [2.75, 3.05) is 5.32 Å². The summed E-state index contributed by atoms with van der Waals surface area (Å²) in [4.78, 5) is 9.91. The minimum atomic E-state index is -0.491. The van der Waals surface area contributed by atoms with E-state index in [0.717, 1.165) is 0 Å². The van der Waals surface area contributed by atoms with Crippen LogP contribution in [0.2, 0.25) is 0 Å². The zero-order valence-electron chi connectivity index (χ0n) is 8.58. The van der Waals surface area contributed by atoms with Crippen LogP contribution in [0.25, 0.3) is 0 Å². The Morgan fingerprint density at radius 3 is 2.53 bits per heavy atom. The number of rotatable bonds is 4. The Kier molecular flexibility index (Phi) is 4.14. The van der Waals surface area contributed by atoms with E-state index in [-0.39, 0.29) is 16.2 Å². The number of hydrogen-bond donors (Lipinski definition) is 2. The van der Waals surface area contributed by atoms with E-state index in [1.54, 1.807) is 0 Å². The molecule has 0 spiro atoms. The lowest BCUT2D eigenvalue weighted by molar-refractivity contribution is -0.384. The molecule has 0 aliphatic rings. The fourth-order valence-corrected chi connectivity index (χ4v) is 1.10. The van der Waals surface area contributed by atoms with E-state index in [1.165, 1.54) is 30.5 Å². The van der Waals surface area contributed by atoms with Gasteiger partial charge in [-0.1, -0.05) is 12.2 Å². The molecule has 0 saturated heterocycles. The molecule has 0 amide bonds. The molecule has 0 fully saturated rings. The van der Waals surface area contributed by atoms with Crippen molar-refractivity contribution in [1.82, 2.24) is 0 Å². The summed E-state index contributed by atoms with van der Waals surface area (Å²) in [5.74, 6) is 0. The number of anilines is 1. The lowest BCUT2D eigenvalue weighted by Crippen LogP contribution is -2.11. The van der Waals surface area contributed by atoms with Gasteiger partial charge in [0.05, 0.1) is 4.92 Å². The first-order valence-corrected chi connectivity index (χ1v) is 4.86. The first-order chi connectivity index (χ1) is 8.04. The summed E-state index contributed by atoms with van der Waals surface area (Å²) in [7, 11) is 0. The van der Waals surface area contributed by atoms with Crippen LogP contribution in [0.5, 0.6) is 0 Å². The molecule has 17 heavy (non-hydrogen) atoms. The molecule has 1 aromatic carbocycles. The minimum absolute atomic E-state index is 0.00520. The van der Waals surface area contributed by atoms with Crippen molar-refractivity contribution in [2.45, 2.75) is 0 Å². The summed E-state index contributed by atoms with van der Waals surface area (Å²) in [6.07, 6.45) is 1.35. The van der Waals surface area contributed by atoms with Crippen LogP contribution < -0.4 is 11.1 Å². The number of nitro groups is 1. The molecule has 1 aromatic rings. The van der Waals surface area contributed by atoms with Gasteiger partial charge in [-0.3, -0.25) is 10.1 Å². The van der Waals surface area contributed by atoms with E-state index in [9.17, 15) is 10.1 Å². The van der Waals surface area contributed by atoms with Gasteiger partial charge in [0, 0.05) is 24.0 Å². The van der Waals surface area contributed by atoms with Gasteiger partial charge in [-0.15, -0.1) is 0 Å². The van der Waals surface area contributed by atoms with Crippen LogP contribution in [0.3, 0.4) is 0 Å². The Balaban J connectivity index is 2.80. The smallest absolute Gasteiger partial charge is 0.269 e. The molecule has 0 bridgehead atoms. The first kappa shape index (κ1) is 12.6. The van der Waals surface area contributed by atoms with Crippen molar-refractivity contribution in [3.8, 4) is 6.07 Å². The molecular formula is C10H8N4O2S. The summed E-state index contributed by atoms with van der Waals surface area (Å²) in [6, 6.07) is 7.56. The van der Waals surface area contributed by atoms with E-state index in [2.05, 4.69) is 17.5 Å². The molecule has 0 radical (unpaired) electrons. The monoisotopic (exact) mass is 248 g/mol. The first-order valence-electron chi connectivity index (χ1n) is 4.45. The number of hydrogen-bond acceptors (Lipinski definition) is 5. The highest BCUT2D eigenvalue weighted by Crippen LogP contribution is 2.15. The normalized spacial score (nSPS) is 10.4. The summed E-state index contributed by atoms with van der Waals surface area (Å²) in [6.45, 7) is 0. The second-order valence-corrected chi connectivity index (χ2v) is 3.42. The van der Waals surface area contributed by atoms with Gasteiger partial charge in [-0.25, -0.2) is 0 Å². The fraction of sp³-hybridized carbons (Fsp3) is 0. The highest BCUT2D eigenvalue weighted by molar-refractivity contribution is 7.80. The molecule has 6 nitrogen and oxygen atoms in total. The number of thiocarbonyl (C=S) groups is 1. The van der Waals surface area contributed by atoms with E-state index in [4.69, 9.17) is 11.0 Å². The summed E-state index contributed by atoms with van der Waals surface area (Å²) in [5.41, 5.74) is 6.02. The van der Waals surface area contributed by atoms with E-state index in [1.807, 2.05) is 6.07 Å². The van der Waals surface area contributed by atoms with Crippen LogP contribution in [-0.2, 0) is 0 Å². The maximum absolute atomic E-state index is 10.4. The number of benzene rings is 1. The third-order valence-electron chi connectivity index (χ3n) is 1.85. The Morgan fingerprint density at radius 1 is 1.53 bits per heavy atom. The second kappa shape index (κ2) is 5.58. The molecule has 7 heteroatoms. The summed E-state index contributed by atoms with van der Waals surface area (Å²) in [5, 5.41) is 21.9. The standard InChI is InChI=1S/C10H8N4O2S/c11-5-7(10(12)17)6-13-8-1-3-9(4-2-8)14(15)16/h1-4,6,13H,(H2,12,17). The van der Waals surface area contributed by atoms with Crippen LogP contribution in [0.1, 0.15) is 0 Å². The van der Waals surface area contributed by atoms with Crippen molar-refractivity contribution >= 4 is 28.6 Å². The second-order valence-electron chi connectivity index (χ2n) is 2.98. The number of nitrogens with two attached hydrogens (primary N) is 1. The SMILES string of the molecule is N#CC(=CNc1ccc([N+](=O)[O-])cc1)C(N)=S. The minimum Gasteiger partial charge on any atom is -0.389 e. The maximum atomic E-state index is 10.4. The van der Waals surface area contributed by atoms with Gasteiger partial charge in [0.15, 0.2) is 0 Å². The zero-order valence-corrected chi connectivity index (χ0v) is 9.40. The number of nitrogens with one attached hydrogen (secondary N) is 1. The zero-order chi connectivity index (χ0) is 12.8. The van der Waals surface area contributed by atoms with E-state index < -0.39 is 4.92 Å². The van der Waals surface area contributed by atoms with Gasteiger partial charge in [0.2, 0.25) is 0 Å². The summed E-state index contributed by atoms with van der Waals surface area (Å²) < 4.78 is 0. The van der Waals surface area contributed by atoms with Crippen molar-refractivity contribution in [3.05, 3.63) is 46.2 Å². The van der Waals surface area contributed by atoms with Gasteiger partial charge in [-0.2, -0.15) is 5.26 Å². The molecule has 0 atom stereocenters. The van der Waals surface area contributed by atoms with E-state index >= 15 is 0 Å². The van der Waals surface area contributed by atoms with Crippen molar-refractivity contribution in [3.63, 3.8) is 0 Å². The average molecular weight is 248 g/mol.